The summed E-state index contributed by atoms with van der Waals surface area (Å²) in [6.45, 7) is 10.4. The van der Waals surface area contributed by atoms with Gasteiger partial charge in [0.2, 0.25) is 5.91 Å². The number of nitrogens with one attached hydrogen (secondary N) is 1. The number of ether oxygens (including phenoxy) is 2. The van der Waals surface area contributed by atoms with Gasteiger partial charge in [-0.1, -0.05) is 44.2 Å². The van der Waals surface area contributed by atoms with Crippen molar-refractivity contribution in [1.82, 2.24) is 10.2 Å². The predicted molar refractivity (Wildman–Crippen MR) is 179 cm³/mol. The van der Waals surface area contributed by atoms with Crippen LogP contribution in [0.5, 0.6) is 0 Å². The van der Waals surface area contributed by atoms with Gasteiger partial charge >= 0.3 is 11.9 Å². The molecule has 1 aromatic rings. The summed E-state index contributed by atoms with van der Waals surface area (Å²) < 4.78 is 10.5. The van der Waals surface area contributed by atoms with Crippen molar-refractivity contribution in [1.29, 1.82) is 0 Å². The topological polar surface area (TPSA) is 137 Å². The zero-order chi connectivity index (χ0) is 33.0. The Kier molecular flexibility index (Phi) is 20.3. The van der Waals surface area contributed by atoms with Crippen LogP contribution in [0.1, 0.15) is 53.0 Å². The van der Waals surface area contributed by atoms with Crippen LogP contribution in [-0.4, -0.2) is 100 Å². The normalized spacial score (nSPS) is 14.5. The number of rotatable bonds is 24. The number of thioether (sulfide) groups is 3. The monoisotopic (exact) mass is 675 g/mol. The van der Waals surface area contributed by atoms with E-state index in [0.29, 0.717) is 37.3 Å². The molecule has 0 heterocycles. The van der Waals surface area contributed by atoms with Crippen molar-refractivity contribution in [2.45, 2.75) is 70.0 Å². The van der Waals surface area contributed by atoms with Gasteiger partial charge in [0.1, 0.15) is 18.7 Å². The Morgan fingerprint density at radius 2 is 1.77 bits per heavy atom. The van der Waals surface area contributed by atoms with Gasteiger partial charge in [-0.05, 0) is 63.4 Å². The van der Waals surface area contributed by atoms with Gasteiger partial charge in [-0.25, -0.2) is 4.79 Å². The smallest absolute Gasteiger partial charge is 0.328 e. The molecule has 0 spiro atoms. The van der Waals surface area contributed by atoms with Gasteiger partial charge in [-0.15, -0.1) is 33.6 Å². The van der Waals surface area contributed by atoms with E-state index in [0.717, 1.165) is 11.3 Å². The van der Waals surface area contributed by atoms with Gasteiger partial charge < -0.3 is 24.5 Å². The molecule has 0 bridgehead atoms. The van der Waals surface area contributed by atoms with Crippen LogP contribution >= 0.6 is 35.3 Å². The van der Waals surface area contributed by atoms with E-state index in [1.165, 1.54) is 11.8 Å². The van der Waals surface area contributed by atoms with E-state index in [1.807, 2.05) is 36.6 Å². The van der Waals surface area contributed by atoms with Gasteiger partial charge in [0.15, 0.2) is 0 Å². The Bertz CT molecular complexity index is 1010. The Balaban J connectivity index is 2.88. The number of amides is 1. The summed E-state index contributed by atoms with van der Waals surface area (Å²) in [4.78, 5) is 55.8. The third-order valence-corrected chi connectivity index (χ3v) is 10.7. The number of nitrogens with zero attached hydrogens (tertiary/aromatic N) is 2. The summed E-state index contributed by atoms with van der Waals surface area (Å²) in [5.74, 6) is 0.439. The van der Waals surface area contributed by atoms with Crippen LogP contribution in [0.25, 0.3) is 0 Å². The van der Waals surface area contributed by atoms with Crippen molar-refractivity contribution < 1.29 is 33.8 Å². The number of esters is 2. The fraction of sp³-hybridized carbons (Fsp3) is 0.700. The molecule has 44 heavy (non-hydrogen) atoms. The Labute approximate surface area is 274 Å². The molecular weight excluding hydrogens is 627 g/mol. The molecule has 4 unspecified atom stereocenters. The average Bonchev–Trinajstić information content (AvgIpc) is 3.00. The molecule has 0 radical (unpaired) electrons. The van der Waals surface area contributed by atoms with Crippen LogP contribution in [0, 0.1) is 16.0 Å². The average molecular weight is 676 g/mol. The number of carbonyl (C=O) groups excluding carboxylic acids is 3. The van der Waals surface area contributed by atoms with Crippen LogP contribution in [0.3, 0.4) is 0 Å². The first-order valence-electron chi connectivity index (χ1n) is 14.9. The van der Waals surface area contributed by atoms with Crippen LogP contribution in [0.4, 0.5) is 0 Å². The number of benzene rings is 1. The van der Waals surface area contributed by atoms with Gasteiger partial charge in [-0.2, -0.15) is 11.8 Å². The Morgan fingerprint density at radius 1 is 1.07 bits per heavy atom. The van der Waals surface area contributed by atoms with Gasteiger partial charge in [0.05, 0.1) is 17.3 Å². The largest absolute Gasteiger partial charge is 0.465 e. The zero-order valence-corrected chi connectivity index (χ0v) is 29.2. The highest BCUT2D eigenvalue weighted by Crippen LogP contribution is 2.36. The van der Waals surface area contributed by atoms with Crippen molar-refractivity contribution in [2.24, 2.45) is 5.92 Å². The van der Waals surface area contributed by atoms with Gasteiger partial charge in [0.25, 0.3) is 5.09 Å². The highest BCUT2D eigenvalue weighted by atomic mass is 32.2. The molecule has 0 aromatic heterocycles. The highest BCUT2D eigenvalue weighted by molar-refractivity contribution is 8.17. The second kappa shape index (κ2) is 22.4. The minimum atomic E-state index is -0.816. The molecule has 14 heteroatoms. The molecule has 0 aliphatic rings. The molecule has 0 saturated carbocycles. The molecule has 1 amide bonds. The zero-order valence-electron chi connectivity index (χ0n) is 26.8. The van der Waals surface area contributed by atoms with Gasteiger partial charge in [-0.3, -0.25) is 9.59 Å². The first-order valence-corrected chi connectivity index (χ1v) is 18.3. The lowest BCUT2D eigenvalue weighted by Gasteiger charge is -2.37. The molecule has 0 saturated heterocycles. The lowest BCUT2D eigenvalue weighted by Crippen LogP contribution is -2.52. The second-order valence-corrected chi connectivity index (χ2v) is 14.8. The van der Waals surface area contributed by atoms with Crippen LogP contribution < -0.4 is 5.32 Å². The number of aryl methyl sites for hydroxylation is 1. The van der Waals surface area contributed by atoms with Gasteiger partial charge in [0, 0.05) is 24.8 Å². The fourth-order valence-corrected chi connectivity index (χ4v) is 6.89. The lowest BCUT2D eigenvalue weighted by molar-refractivity contribution is -0.757. The SMILES string of the molecule is CCOC(=O)C(CCc1ccccc1)NCC(C)C(=O)N(CC(C)(SC)SCC)C(C)C(=O)OCCSCCCO[N+](=O)[O-]. The quantitative estimate of drug-likeness (QED) is 0.0535. The molecule has 4 atom stereocenters. The summed E-state index contributed by atoms with van der Waals surface area (Å²) in [6, 6.07) is 8.50. The van der Waals surface area contributed by atoms with E-state index < -0.39 is 29.1 Å². The van der Waals surface area contributed by atoms with E-state index in [4.69, 9.17) is 9.47 Å². The summed E-state index contributed by atoms with van der Waals surface area (Å²) in [5.41, 5.74) is 1.11. The molecular formula is C30H49N3O8S3. The van der Waals surface area contributed by atoms with Crippen LogP contribution in [-0.2, 0) is 35.1 Å². The van der Waals surface area contributed by atoms with Crippen molar-refractivity contribution in [3.05, 3.63) is 46.0 Å². The number of carbonyl (C=O) groups is 3. The first-order chi connectivity index (χ1) is 21.0. The number of hydrogen-bond donors (Lipinski definition) is 1. The first kappa shape index (κ1) is 39.9. The molecule has 0 fully saturated rings. The predicted octanol–water partition coefficient (Wildman–Crippen LogP) is 4.70. The van der Waals surface area contributed by atoms with E-state index >= 15 is 0 Å². The third kappa shape index (κ3) is 15.7. The summed E-state index contributed by atoms with van der Waals surface area (Å²) >= 11 is 4.85. The van der Waals surface area contributed by atoms with E-state index in [9.17, 15) is 24.5 Å². The summed E-state index contributed by atoms with van der Waals surface area (Å²) in [6.07, 6.45) is 3.70. The minimum absolute atomic E-state index is 0.0263. The maximum atomic E-state index is 13.9. The molecule has 1 rings (SSSR count). The molecule has 1 N–H and O–H groups in total. The van der Waals surface area contributed by atoms with E-state index in [1.54, 1.807) is 49.2 Å². The molecule has 1 aromatic carbocycles. The third-order valence-electron chi connectivity index (χ3n) is 6.76. The minimum Gasteiger partial charge on any atom is -0.465 e. The maximum absolute atomic E-state index is 13.9. The standard InChI is InChI=1S/C30H49N3O8S3/c1-7-39-29(36)26(16-15-25-13-10-9-11-14-25)31-21-23(3)27(34)32(22-30(5,42-6)44-8-2)24(4)28(35)40-18-20-43-19-12-17-41-33(37)38/h9-11,13-14,23-24,26,31H,7-8,12,15-22H2,1-6H3. The molecule has 0 aliphatic heterocycles. The molecule has 11 nitrogen and oxygen atoms in total. The molecule has 0 aliphatic carbocycles. The highest BCUT2D eigenvalue weighted by Gasteiger charge is 2.36. The Morgan fingerprint density at radius 3 is 2.39 bits per heavy atom. The van der Waals surface area contributed by atoms with E-state index in [2.05, 4.69) is 24.0 Å². The molecule has 250 valence electrons. The van der Waals surface area contributed by atoms with E-state index in [-0.39, 0.29) is 42.3 Å². The lowest BCUT2D eigenvalue weighted by atomic mass is 10.0. The van der Waals surface area contributed by atoms with Crippen LogP contribution in [0.2, 0.25) is 0 Å². The van der Waals surface area contributed by atoms with Crippen molar-refractivity contribution in [2.75, 3.05) is 56.4 Å². The second-order valence-electron chi connectivity index (χ2n) is 10.2. The summed E-state index contributed by atoms with van der Waals surface area (Å²) in [5, 5.41) is 12.7. The van der Waals surface area contributed by atoms with Crippen LogP contribution in [0.15, 0.2) is 30.3 Å². The van der Waals surface area contributed by atoms with Crippen molar-refractivity contribution >= 4 is 53.1 Å². The Hall–Kier alpha value is -2.16. The fourth-order valence-electron chi connectivity index (χ4n) is 4.23. The van der Waals surface area contributed by atoms with Crippen molar-refractivity contribution in [3.63, 3.8) is 0 Å². The van der Waals surface area contributed by atoms with Crippen molar-refractivity contribution in [3.8, 4) is 0 Å². The maximum Gasteiger partial charge on any atom is 0.328 e. The number of hydrogen-bond acceptors (Lipinski definition) is 12. The summed E-state index contributed by atoms with van der Waals surface area (Å²) in [7, 11) is 0.